The quantitative estimate of drug-likeness (QED) is 0.907. The van der Waals surface area contributed by atoms with Gasteiger partial charge in [-0.05, 0) is 38.0 Å². The molecular formula is C14H25N3O2. The van der Waals surface area contributed by atoms with Crippen LogP contribution in [0.5, 0.6) is 0 Å². The maximum absolute atomic E-state index is 6.16. The van der Waals surface area contributed by atoms with Crippen LogP contribution in [-0.4, -0.2) is 16.7 Å². The van der Waals surface area contributed by atoms with Crippen LogP contribution in [0.2, 0.25) is 0 Å². The standard InChI is InChI=1S/C14H25N3O2/c1-5-18-14(8-6-7-9-14)12-16-11(19-17-12)10(15)13(2,3)4/h10H,5-9,15H2,1-4H3. The first kappa shape index (κ1) is 14.5. The first-order valence-corrected chi connectivity index (χ1v) is 7.13. The predicted octanol–water partition coefficient (Wildman–Crippen LogP) is 2.92. The van der Waals surface area contributed by atoms with Crippen molar-refractivity contribution in [2.24, 2.45) is 11.1 Å². The first-order valence-electron chi connectivity index (χ1n) is 7.13. The number of rotatable bonds is 4. The van der Waals surface area contributed by atoms with Gasteiger partial charge in [-0.2, -0.15) is 4.98 Å². The van der Waals surface area contributed by atoms with Crippen LogP contribution in [0.25, 0.3) is 0 Å². The lowest BCUT2D eigenvalue weighted by atomic mass is 9.87. The summed E-state index contributed by atoms with van der Waals surface area (Å²) in [6, 6.07) is -0.256. The number of aromatic nitrogens is 2. The molecule has 5 heteroatoms. The van der Waals surface area contributed by atoms with Crippen LogP contribution in [0.4, 0.5) is 0 Å². The third-order valence-corrected chi connectivity index (χ3v) is 3.88. The van der Waals surface area contributed by atoms with Gasteiger partial charge in [0.15, 0.2) is 0 Å². The Morgan fingerprint density at radius 3 is 2.53 bits per heavy atom. The average Bonchev–Trinajstić information content (AvgIpc) is 2.95. The Morgan fingerprint density at radius 2 is 2.00 bits per heavy atom. The third kappa shape index (κ3) is 2.82. The minimum Gasteiger partial charge on any atom is -0.367 e. The van der Waals surface area contributed by atoms with E-state index in [1.165, 1.54) is 0 Å². The Labute approximate surface area is 114 Å². The Morgan fingerprint density at radius 1 is 1.37 bits per heavy atom. The van der Waals surface area contributed by atoms with E-state index in [0.29, 0.717) is 18.3 Å². The van der Waals surface area contributed by atoms with Crippen LogP contribution in [-0.2, 0) is 10.3 Å². The molecular weight excluding hydrogens is 242 g/mol. The summed E-state index contributed by atoms with van der Waals surface area (Å²) in [6.45, 7) is 8.86. The van der Waals surface area contributed by atoms with E-state index in [1.54, 1.807) is 0 Å². The topological polar surface area (TPSA) is 74.2 Å². The van der Waals surface area contributed by atoms with Crippen molar-refractivity contribution < 1.29 is 9.26 Å². The van der Waals surface area contributed by atoms with Gasteiger partial charge in [-0.3, -0.25) is 0 Å². The van der Waals surface area contributed by atoms with Gasteiger partial charge in [0.05, 0.1) is 6.04 Å². The molecule has 1 aliphatic rings. The number of hydrogen-bond acceptors (Lipinski definition) is 5. The van der Waals surface area contributed by atoms with Gasteiger partial charge in [0.1, 0.15) is 5.60 Å². The summed E-state index contributed by atoms with van der Waals surface area (Å²) >= 11 is 0. The molecule has 1 atom stereocenters. The van der Waals surface area contributed by atoms with Crippen molar-refractivity contribution in [1.29, 1.82) is 0 Å². The molecule has 0 amide bonds. The van der Waals surface area contributed by atoms with Crippen molar-refractivity contribution in [2.45, 2.75) is 65.0 Å². The zero-order valence-corrected chi connectivity index (χ0v) is 12.4. The van der Waals surface area contributed by atoms with Gasteiger partial charge in [0, 0.05) is 6.61 Å². The van der Waals surface area contributed by atoms with E-state index in [1.807, 2.05) is 6.92 Å². The Bertz CT molecular complexity index is 417. The highest BCUT2D eigenvalue weighted by atomic mass is 16.5. The van der Waals surface area contributed by atoms with Crippen molar-refractivity contribution in [3.05, 3.63) is 11.7 Å². The van der Waals surface area contributed by atoms with E-state index in [9.17, 15) is 0 Å². The Kier molecular flexibility index (Phi) is 3.97. The fourth-order valence-electron chi connectivity index (χ4n) is 2.57. The second-order valence-corrected chi connectivity index (χ2v) is 6.43. The maximum Gasteiger partial charge on any atom is 0.244 e. The molecule has 1 aromatic rings. The molecule has 1 aromatic heterocycles. The number of nitrogens with two attached hydrogens (primary N) is 1. The molecule has 0 spiro atoms. The highest BCUT2D eigenvalue weighted by molar-refractivity contribution is 5.06. The molecule has 19 heavy (non-hydrogen) atoms. The van der Waals surface area contributed by atoms with Crippen LogP contribution in [0.3, 0.4) is 0 Å². The molecule has 108 valence electrons. The van der Waals surface area contributed by atoms with Gasteiger partial charge in [-0.15, -0.1) is 0 Å². The van der Waals surface area contributed by atoms with Crippen molar-refractivity contribution >= 4 is 0 Å². The molecule has 1 fully saturated rings. The highest BCUT2D eigenvalue weighted by Crippen LogP contribution is 2.41. The summed E-state index contributed by atoms with van der Waals surface area (Å²) in [7, 11) is 0. The van der Waals surface area contributed by atoms with Crippen molar-refractivity contribution in [1.82, 2.24) is 10.1 Å². The minimum absolute atomic E-state index is 0.0990. The van der Waals surface area contributed by atoms with Gasteiger partial charge in [-0.1, -0.05) is 25.9 Å². The smallest absolute Gasteiger partial charge is 0.244 e. The molecule has 1 unspecified atom stereocenters. The molecule has 5 nitrogen and oxygen atoms in total. The van der Waals surface area contributed by atoms with E-state index >= 15 is 0 Å². The lowest BCUT2D eigenvalue weighted by Crippen LogP contribution is -2.29. The van der Waals surface area contributed by atoms with Crippen LogP contribution < -0.4 is 5.73 Å². The van der Waals surface area contributed by atoms with Crippen LogP contribution in [0.15, 0.2) is 4.52 Å². The summed E-state index contributed by atoms with van der Waals surface area (Å²) in [5.74, 6) is 1.18. The molecule has 0 bridgehead atoms. The van der Waals surface area contributed by atoms with Crippen molar-refractivity contribution in [2.75, 3.05) is 6.61 Å². The summed E-state index contributed by atoms with van der Waals surface area (Å²) in [5, 5.41) is 4.13. The van der Waals surface area contributed by atoms with E-state index in [4.69, 9.17) is 15.0 Å². The van der Waals surface area contributed by atoms with Gasteiger partial charge in [0.2, 0.25) is 11.7 Å². The lowest BCUT2D eigenvalue weighted by Gasteiger charge is -2.25. The molecule has 2 N–H and O–H groups in total. The molecule has 1 aliphatic carbocycles. The molecule has 0 radical (unpaired) electrons. The summed E-state index contributed by atoms with van der Waals surface area (Å²) in [5.41, 5.74) is 5.71. The van der Waals surface area contributed by atoms with Crippen LogP contribution in [0.1, 0.15) is 71.1 Å². The monoisotopic (exact) mass is 267 g/mol. The normalized spacial score (nSPS) is 20.7. The largest absolute Gasteiger partial charge is 0.367 e. The highest BCUT2D eigenvalue weighted by Gasteiger charge is 2.41. The summed E-state index contributed by atoms with van der Waals surface area (Å²) in [4.78, 5) is 4.52. The van der Waals surface area contributed by atoms with Gasteiger partial charge in [0.25, 0.3) is 0 Å². The number of nitrogens with zero attached hydrogens (tertiary/aromatic N) is 2. The zero-order valence-electron chi connectivity index (χ0n) is 12.4. The molecule has 0 aliphatic heterocycles. The van der Waals surface area contributed by atoms with Crippen LogP contribution in [0, 0.1) is 5.41 Å². The van der Waals surface area contributed by atoms with E-state index in [2.05, 4.69) is 30.9 Å². The van der Waals surface area contributed by atoms with Crippen molar-refractivity contribution in [3.63, 3.8) is 0 Å². The number of hydrogen-bond donors (Lipinski definition) is 1. The van der Waals surface area contributed by atoms with Gasteiger partial charge >= 0.3 is 0 Å². The Balaban J connectivity index is 2.24. The number of ether oxygens (including phenoxy) is 1. The van der Waals surface area contributed by atoms with E-state index in [-0.39, 0.29) is 17.1 Å². The summed E-state index contributed by atoms with van der Waals surface area (Å²) < 4.78 is 11.3. The SMILES string of the molecule is CCOC1(c2noc(C(N)C(C)(C)C)n2)CCCC1. The second-order valence-electron chi connectivity index (χ2n) is 6.43. The van der Waals surface area contributed by atoms with Crippen LogP contribution >= 0.6 is 0 Å². The zero-order chi connectivity index (χ0) is 14.1. The molecule has 1 saturated carbocycles. The fraction of sp³-hybridized carbons (Fsp3) is 0.857. The van der Waals surface area contributed by atoms with E-state index < -0.39 is 0 Å². The molecule has 0 saturated heterocycles. The molecule has 2 rings (SSSR count). The first-order chi connectivity index (χ1) is 8.89. The third-order valence-electron chi connectivity index (χ3n) is 3.88. The minimum atomic E-state index is -0.353. The predicted molar refractivity (Wildman–Crippen MR) is 72.5 cm³/mol. The molecule has 0 aromatic carbocycles. The van der Waals surface area contributed by atoms with Gasteiger partial charge < -0.3 is 15.0 Å². The fourth-order valence-corrected chi connectivity index (χ4v) is 2.57. The van der Waals surface area contributed by atoms with E-state index in [0.717, 1.165) is 25.7 Å². The Hall–Kier alpha value is -0.940. The molecule has 1 heterocycles. The van der Waals surface area contributed by atoms with Crippen molar-refractivity contribution in [3.8, 4) is 0 Å². The maximum atomic E-state index is 6.16. The average molecular weight is 267 g/mol. The van der Waals surface area contributed by atoms with Gasteiger partial charge in [-0.25, -0.2) is 0 Å². The lowest BCUT2D eigenvalue weighted by molar-refractivity contribution is -0.0469. The second kappa shape index (κ2) is 5.21. The summed E-state index contributed by atoms with van der Waals surface area (Å²) in [6.07, 6.45) is 4.22.